The first-order chi connectivity index (χ1) is 15.2. The number of nitrogens with one attached hydrogen (secondary N) is 2. The number of aromatic amines is 1. The summed E-state index contributed by atoms with van der Waals surface area (Å²) in [6.07, 6.45) is 6.55. The number of benzene rings is 1. The van der Waals surface area contributed by atoms with Crippen LogP contribution in [0.25, 0.3) is 11.0 Å². The fourth-order valence-corrected chi connectivity index (χ4v) is 4.69. The first kappa shape index (κ1) is 19.8. The molecule has 4 aromatic rings. The van der Waals surface area contributed by atoms with Crippen LogP contribution in [-0.2, 0) is 13.0 Å². The minimum absolute atomic E-state index is 0.0979. The van der Waals surface area contributed by atoms with Gasteiger partial charge in [0.25, 0.3) is 0 Å². The lowest BCUT2D eigenvalue weighted by atomic mass is 9.93. The summed E-state index contributed by atoms with van der Waals surface area (Å²) in [6.45, 7) is 0.534. The highest BCUT2D eigenvalue weighted by Crippen LogP contribution is 2.36. The molecule has 1 atom stereocenters. The molecule has 1 unspecified atom stereocenters. The van der Waals surface area contributed by atoms with Gasteiger partial charge in [-0.05, 0) is 47.3 Å². The van der Waals surface area contributed by atoms with E-state index in [-0.39, 0.29) is 6.04 Å². The van der Waals surface area contributed by atoms with Crippen molar-refractivity contribution in [2.24, 2.45) is 0 Å². The number of methoxy groups -OCH3 is 2. The number of aromatic nitrogens is 6. The molecule has 0 spiro atoms. The Hall–Kier alpha value is -3.14. The predicted octanol–water partition coefficient (Wildman–Crippen LogP) is 3.87. The summed E-state index contributed by atoms with van der Waals surface area (Å²) >= 11 is 3.62. The number of hydrogen-bond donors (Lipinski definition) is 2. The number of halogens is 1. The van der Waals surface area contributed by atoms with Crippen molar-refractivity contribution in [2.45, 2.75) is 31.8 Å². The SMILES string of the molecule is COc1ccc(CNc2ncnc3c2c(Br)nn3C2CCCc3[nH]ncc32)c(OC)c1. The second-order valence-corrected chi connectivity index (χ2v) is 8.15. The molecular formula is C21H22BrN7O2. The van der Waals surface area contributed by atoms with Crippen LogP contribution in [0.4, 0.5) is 5.82 Å². The summed E-state index contributed by atoms with van der Waals surface area (Å²) < 4.78 is 13.5. The van der Waals surface area contributed by atoms with Crippen molar-refractivity contribution in [1.29, 1.82) is 0 Å². The molecule has 0 amide bonds. The van der Waals surface area contributed by atoms with Crippen molar-refractivity contribution in [3.05, 3.63) is 52.1 Å². The molecule has 3 heterocycles. The molecule has 160 valence electrons. The third-order valence-corrected chi connectivity index (χ3v) is 6.25. The number of nitrogens with zero attached hydrogens (tertiary/aromatic N) is 5. The Morgan fingerprint density at radius 2 is 2.16 bits per heavy atom. The van der Waals surface area contributed by atoms with Gasteiger partial charge in [0.15, 0.2) is 5.65 Å². The fraction of sp³-hybridized carbons (Fsp3) is 0.333. The van der Waals surface area contributed by atoms with Crippen LogP contribution in [0.5, 0.6) is 11.5 Å². The van der Waals surface area contributed by atoms with E-state index in [9.17, 15) is 0 Å². The lowest BCUT2D eigenvalue weighted by Gasteiger charge is -2.22. The number of fused-ring (bicyclic) bond motifs is 2. The summed E-state index contributed by atoms with van der Waals surface area (Å²) in [5, 5.41) is 16.4. The van der Waals surface area contributed by atoms with Crippen LogP contribution in [0.15, 0.2) is 35.3 Å². The van der Waals surface area contributed by atoms with Crippen LogP contribution in [0.3, 0.4) is 0 Å². The van der Waals surface area contributed by atoms with Gasteiger partial charge in [-0.3, -0.25) is 5.10 Å². The maximum atomic E-state index is 5.51. The molecule has 3 aromatic heterocycles. The Balaban J connectivity index is 1.48. The van der Waals surface area contributed by atoms with Gasteiger partial charge in [0.05, 0.1) is 31.8 Å². The minimum Gasteiger partial charge on any atom is -0.497 e. The van der Waals surface area contributed by atoms with Gasteiger partial charge >= 0.3 is 0 Å². The monoisotopic (exact) mass is 483 g/mol. The van der Waals surface area contributed by atoms with Crippen LogP contribution in [0, 0.1) is 0 Å². The van der Waals surface area contributed by atoms with Crippen molar-refractivity contribution in [2.75, 3.05) is 19.5 Å². The lowest BCUT2D eigenvalue weighted by Crippen LogP contribution is -2.18. The Morgan fingerprint density at radius 3 is 3.00 bits per heavy atom. The molecular weight excluding hydrogens is 462 g/mol. The minimum atomic E-state index is 0.0979. The number of anilines is 1. The van der Waals surface area contributed by atoms with Gasteiger partial charge in [-0.25, -0.2) is 14.6 Å². The summed E-state index contributed by atoms with van der Waals surface area (Å²) in [6, 6.07) is 5.85. The van der Waals surface area contributed by atoms with E-state index in [0.29, 0.717) is 17.0 Å². The largest absolute Gasteiger partial charge is 0.497 e. The molecule has 1 aromatic carbocycles. The number of ether oxygens (including phenoxy) is 2. The molecule has 0 aliphatic heterocycles. The van der Waals surface area contributed by atoms with Crippen LogP contribution in [-0.4, -0.2) is 44.2 Å². The Kier molecular flexibility index (Phi) is 5.23. The normalized spacial score (nSPS) is 15.6. The van der Waals surface area contributed by atoms with E-state index in [1.165, 1.54) is 11.3 Å². The first-order valence-corrected chi connectivity index (χ1v) is 10.8. The summed E-state index contributed by atoms with van der Waals surface area (Å²) in [4.78, 5) is 9.03. The second kappa shape index (κ2) is 8.18. The highest BCUT2D eigenvalue weighted by molar-refractivity contribution is 9.10. The van der Waals surface area contributed by atoms with Gasteiger partial charge in [-0.15, -0.1) is 0 Å². The average molecular weight is 484 g/mol. The molecule has 31 heavy (non-hydrogen) atoms. The summed E-state index contributed by atoms with van der Waals surface area (Å²) in [5.41, 5.74) is 4.13. The molecule has 1 aliphatic rings. The van der Waals surface area contributed by atoms with Gasteiger partial charge in [-0.1, -0.05) is 0 Å². The molecule has 0 saturated carbocycles. The highest BCUT2D eigenvalue weighted by Gasteiger charge is 2.27. The van der Waals surface area contributed by atoms with Crippen LogP contribution in [0.2, 0.25) is 0 Å². The number of hydrogen-bond acceptors (Lipinski definition) is 7. The average Bonchev–Trinajstić information content (AvgIpc) is 3.42. The zero-order valence-corrected chi connectivity index (χ0v) is 18.8. The van der Waals surface area contributed by atoms with E-state index in [0.717, 1.165) is 47.4 Å². The number of aryl methyl sites for hydroxylation is 1. The van der Waals surface area contributed by atoms with E-state index >= 15 is 0 Å². The van der Waals surface area contributed by atoms with E-state index in [4.69, 9.17) is 14.6 Å². The highest BCUT2D eigenvalue weighted by atomic mass is 79.9. The van der Waals surface area contributed by atoms with Gasteiger partial charge in [0.2, 0.25) is 0 Å². The maximum Gasteiger partial charge on any atom is 0.165 e. The standard InChI is InChI=1S/C21H22BrN7O2/c1-30-13-7-6-12(17(8-13)31-2)9-23-20-18-19(22)28-29(21(18)25-11-24-20)16-5-3-4-15-14(16)10-26-27-15/h6-8,10-11,16H,3-5,9H2,1-2H3,(H,26,27)(H,23,24,25). The zero-order valence-electron chi connectivity index (χ0n) is 17.2. The molecule has 0 fully saturated rings. The first-order valence-electron chi connectivity index (χ1n) is 10.0. The summed E-state index contributed by atoms with van der Waals surface area (Å²) in [5.74, 6) is 2.21. The van der Waals surface area contributed by atoms with Gasteiger partial charge < -0.3 is 14.8 Å². The van der Waals surface area contributed by atoms with Crippen molar-refractivity contribution < 1.29 is 9.47 Å². The van der Waals surface area contributed by atoms with E-state index in [1.807, 2.05) is 29.1 Å². The van der Waals surface area contributed by atoms with Gasteiger partial charge in [0, 0.05) is 29.4 Å². The van der Waals surface area contributed by atoms with Gasteiger partial charge in [-0.2, -0.15) is 10.2 Å². The second-order valence-electron chi connectivity index (χ2n) is 7.40. The molecule has 0 saturated heterocycles. The van der Waals surface area contributed by atoms with Crippen molar-refractivity contribution >= 4 is 32.8 Å². The predicted molar refractivity (Wildman–Crippen MR) is 120 cm³/mol. The molecule has 0 bridgehead atoms. The van der Waals surface area contributed by atoms with Crippen molar-refractivity contribution in [3.63, 3.8) is 0 Å². The smallest absolute Gasteiger partial charge is 0.165 e. The van der Waals surface area contributed by atoms with E-state index in [2.05, 4.69) is 41.4 Å². The maximum absolute atomic E-state index is 5.51. The molecule has 9 nitrogen and oxygen atoms in total. The van der Waals surface area contributed by atoms with E-state index < -0.39 is 0 Å². The molecule has 2 N–H and O–H groups in total. The number of rotatable bonds is 6. The molecule has 5 rings (SSSR count). The van der Waals surface area contributed by atoms with Crippen molar-refractivity contribution in [3.8, 4) is 11.5 Å². The Labute approximate surface area is 187 Å². The zero-order chi connectivity index (χ0) is 21.4. The quantitative estimate of drug-likeness (QED) is 0.428. The molecule has 1 aliphatic carbocycles. The fourth-order valence-electron chi connectivity index (χ4n) is 4.15. The van der Waals surface area contributed by atoms with E-state index in [1.54, 1.807) is 20.5 Å². The van der Waals surface area contributed by atoms with Crippen LogP contribution < -0.4 is 14.8 Å². The third kappa shape index (κ3) is 3.50. The Bertz CT molecular complexity index is 1240. The van der Waals surface area contributed by atoms with Crippen LogP contribution >= 0.6 is 15.9 Å². The number of H-pyrrole nitrogens is 1. The van der Waals surface area contributed by atoms with Gasteiger partial charge in [0.1, 0.15) is 28.2 Å². The molecule has 10 heteroatoms. The summed E-state index contributed by atoms with van der Waals surface area (Å²) in [7, 11) is 3.29. The van der Waals surface area contributed by atoms with Crippen molar-refractivity contribution in [1.82, 2.24) is 29.9 Å². The third-order valence-electron chi connectivity index (χ3n) is 5.70. The lowest BCUT2D eigenvalue weighted by molar-refractivity contribution is 0.391. The molecule has 0 radical (unpaired) electrons. The Morgan fingerprint density at radius 1 is 1.26 bits per heavy atom. The topological polar surface area (TPSA) is 103 Å². The van der Waals surface area contributed by atoms with Crippen LogP contribution in [0.1, 0.15) is 35.7 Å².